The van der Waals surface area contributed by atoms with E-state index in [1.165, 1.54) is 18.9 Å². The van der Waals surface area contributed by atoms with Gasteiger partial charge in [-0.3, -0.25) is 9.59 Å². The van der Waals surface area contributed by atoms with E-state index in [1.807, 2.05) is 0 Å². The maximum Gasteiger partial charge on any atom is 0.306 e. The standard InChI is InChI=1S/C12H13Cl2NO3S/c1-18-11(17)5-6-19-7-10(16)15-9-4-2-3-8(13)12(9)14/h2-4H,5-7H2,1H3,(H,15,16). The van der Waals surface area contributed by atoms with Gasteiger partial charge in [-0.1, -0.05) is 29.3 Å². The molecular formula is C12H13Cl2NO3S. The number of carbonyl (C=O) groups excluding carboxylic acids is 2. The van der Waals surface area contributed by atoms with E-state index in [4.69, 9.17) is 23.2 Å². The average molecular weight is 322 g/mol. The molecular weight excluding hydrogens is 309 g/mol. The third-order valence-electron chi connectivity index (χ3n) is 2.14. The van der Waals surface area contributed by atoms with Crippen LogP contribution in [0.15, 0.2) is 18.2 Å². The van der Waals surface area contributed by atoms with Gasteiger partial charge >= 0.3 is 5.97 Å². The number of hydrogen-bond acceptors (Lipinski definition) is 4. The first kappa shape index (κ1) is 16.1. The highest BCUT2D eigenvalue weighted by atomic mass is 35.5. The molecule has 0 atom stereocenters. The fraction of sp³-hybridized carbons (Fsp3) is 0.333. The Hall–Kier alpha value is -0.910. The molecule has 0 radical (unpaired) electrons. The van der Waals surface area contributed by atoms with Crippen LogP contribution < -0.4 is 5.32 Å². The highest BCUT2D eigenvalue weighted by molar-refractivity contribution is 7.99. The Balaban J connectivity index is 2.35. The van der Waals surface area contributed by atoms with Gasteiger partial charge in [-0.2, -0.15) is 11.8 Å². The van der Waals surface area contributed by atoms with Crippen molar-refractivity contribution in [2.45, 2.75) is 6.42 Å². The largest absolute Gasteiger partial charge is 0.469 e. The van der Waals surface area contributed by atoms with Crippen LogP contribution in [0, 0.1) is 0 Å². The van der Waals surface area contributed by atoms with Crippen LogP contribution in [0.2, 0.25) is 10.0 Å². The molecule has 0 aliphatic carbocycles. The first-order valence-corrected chi connectivity index (χ1v) is 7.34. The van der Waals surface area contributed by atoms with Gasteiger partial charge in [-0.05, 0) is 12.1 Å². The van der Waals surface area contributed by atoms with Crippen LogP contribution in [0.4, 0.5) is 5.69 Å². The fourth-order valence-corrected chi connectivity index (χ4v) is 2.27. The third kappa shape index (κ3) is 5.72. The van der Waals surface area contributed by atoms with Crippen LogP contribution in [-0.2, 0) is 14.3 Å². The van der Waals surface area contributed by atoms with Crippen molar-refractivity contribution in [3.05, 3.63) is 28.2 Å². The van der Waals surface area contributed by atoms with Gasteiger partial charge in [0.1, 0.15) is 0 Å². The van der Waals surface area contributed by atoms with E-state index >= 15 is 0 Å². The number of thioether (sulfide) groups is 1. The lowest BCUT2D eigenvalue weighted by Gasteiger charge is -2.07. The van der Waals surface area contributed by atoms with Crippen molar-refractivity contribution in [2.24, 2.45) is 0 Å². The van der Waals surface area contributed by atoms with Crippen LogP contribution in [0.25, 0.3) is 0 Å². The number of anilines is 1. The minimum Gasteiger partial charge on any atom is -0.469 e. The Kier molecular flexibility index (Phi) is 7.05. The molecule has 0 spiro atoms. The molecule has 0 bridgehead atoms. The van der Waals surface area contributed by atoms with Crippen molar-refractivity contribution >= 4 is 52.5 Å². The van der Waals surface area contributed by atoms with Crippen molar-refractivity contribution in [3.63, 3.8) is 0 Å². The van der Waals surface area contributed by atoms with Crippen LogP contribution in [0.1, 0.15) is 6.42 Å². The summed E-state index contributed by atoms with van der Waals surface area (Å²) in [6.45, 7) is 0. The zero-order valence-electron chi connectivity index (χ0n) is 10.2. The smallest absolute Gasteiger partial charge is 0.306 e. The number of hydrogen-bond donors (Lipinski definition) is 1. The summed E-state index contributed by atoms with van der Waals surface area (Å²) < 4.78 is 4.50. The first-order valence-electron chi connectivity index (χ1n) is 5.43. The predicted molar refractivity (Wildman–Crippen MR) is 79.0 cm³/mol. The van der Waals surface area contributed by atoms with E-state index in [-0.39, 0.29) is 24.1 Å². The molecule has 0 aliphatic rings. The molecule has 1 amide bonds. The lowest BCUT2D eigenvalue weighted by Crippen LogP contribution is -2.15. The van der Waals surface area contributed by atoms with E-state index < -0.39 is 0 Å². The van der Waals surface area contributed by atoms with Gasteiger partial charge in [0.05, 0.1) is 35.0 Å². The molecule has 0 saturated heterocycles. The lowest BCUT2D eigenvalue weighted by atomic mass is 10.3. The average Bonchev–Trinajstić information content (AvgIpc) is 2.39. The van der Waals surface area contributed by atoms with E-state index in [1.54, 1.807) is 18.2 Å². The maximum atomic E-state index is 11.6. The molecule has 0 aromatic heterocycles. The van der Waals surface area contributed by atoms with Gasteiger partial charge in [-0.25, -0.2) is 0 Å². The summed E-state index contributed by atoms with van der Waals surface area (Å²) in [6, 6.07) is 5.02. The molecule has 1 aromatic rings. The Morgan fingerprint density at radius 3 is 2.79 bits per heavy atom. The number of nitrogens with one attached hydrogen (secondary N) is 1. The molecule has 1 aromatic carbocycles. The first-order chi connectivity index (χ1) is 9.04. The fourth-order valence-electron chi connectivity index (χ4n) is 1.21. The van der Waals surface area contributed by atoms with E-state index in [0.717, 1.165) is 0 Å². The molecule has 7 heteroatoms. The predicted octanol–water partition coefficient (Wildman–Crippen LogP) is 3.23. The topological polar surface area (TPSA) is 55.4 Å². The zero-order chi connectivity index (χ0) is 14.3. The van der Waals surface area contributed by atoms with Gasteiger partial charge in [0.25, 0.3) is 0 Å². The normalized spacial score (nSPS) is 10.1. The number of methoxy groups -OCH3 is 1. The second-order valence-electron chi connectivity index (χ2n) is 3.53. The molecule has 0 fully saturated rings. The highest BCUT2D eigenvalue weighted by Crippen LogP contribution is 2.29. The molecule has 0 aliphatic heterocycles. The van der Waals surface area contributed by atoms with Gasteiger partial charge in [0.2, 0.25) is 5.91 Å². The summed E-state index contributed by atoms with van der Waals surface area (Å²) in [6.07, 6.45) is 0.284. The second-order valence-corrected chi connectivity index (χ2v) is 5.42. The summed E-state index contributed by atoms with van der Waals surface area (Å²) >= 11 is 13.1. The molecule has 0 unspecified atom stereocenters. The van der Waals surface area contributed by atoms with Gasteiger partial charge in [0, 0.05) is 5.75 Å². The maximum absolute atomic E-state index is 11.6. The zero-order valence-corrected chi connectivity index (χ0v) is 12.6. The van der Waals surface area contributed by atoms with E-state index in [2.05, 4.69) is 10.1 Å². The van der Waals surface area contributed by atoms with Crippen molar-refractivity contribution in [2.75, 3.05) is 23.9 Å². The Morgan fingerprint density at radius 2 is 2.11 bits per heavy atom. The van der Waals surface area contributed by atoms with Gasteiger partial charge in [0.15, 0.2) is 0 Å². The van der Waals surface area contributed by atoms with Crippen molar-refractivity contribution in [1.29, 1.82) is 0 Å². The minimum atomic E-state index is -0.286. The van der Waals surface area contributed by atoms with E-state index in [9.17, 15) is 9.59 Å². The quantitative estimate of drug-likeness (QED) is 0.645. The van der Waals surface area contributed by atoms with Crippen molar-refractivity contribution in [3.8, 4) is 0 Å². The monoisotopic (exact) mass is 321 g/mol. The number of ether oxygens (including phenoxy) is 1. The SMILES string of the molecule is COC(=O)CCSCC(=O)Nc1cccc(Cl)c1Cl. The van der Waals surface area contributed by atoms with Crippen LogP contribution in [0.3, 0.4) is 0 Å². The van der Waals surface area contributed by atoms with Gasteiger partial charge in [-0.15, -0.1) is 0 Å². The molecule has 1 N–H and O–H groups in total. The molecule has 1 rings (SSSR count). The summed E-state index contributed by atoms with van der Waals surface area (Å²) in [5, 5.41) is 3.36. The molecule has 104 valence electrons. The third-order valence-corrected chi connectivity index (χ3v) is 3.92. The number of esters is 1. The molecule has 19 heavy (non-hydrogen) atoms. The number of benzene rings is 1. The van der Waals surface area contributed by atoms with Crippen LogP contribution in [-0.4, -0.2) is 30.5 Å². The number of halogens is 2. The van der Waals surface area contributed by atoms with Gasteiger partial charge < -0.3 is 10.1 Å². The Bertz CT molecular complexity index is 468. The molecule has 4 nitrogen and oxygen atoms in total. The number of rotatable bonds is 6. The minimum absolute atomic E-state index is 0.195. The van der Waals surface area contributed by atoms with E-state index in [0.29, 0.717) is 21.5 Å². The summed E-state index contributed by atoms with van der Waals surface area (Å²) in [5.74, 6) is 0.285. The van der Waals surface area contributed by atoms with Crippen LogP contribution >= 0.6 is 35.0 Å². The van der Waals surface area contributed by atoms with Crippen LogP contribution in [0.5, 0.6) is 0 Å². The summed E-state index contributed by atoms with van der Waals surface area (Å²) in [5.41, 5.74) is 0.479. The lowest BCUT2D eigenvalue weighted by molar-refractivity contribution is -0.140. The summed E-state index contributed by atoms with van der Waals surface area (Å²) in [7, 11) is 1.33. The van der Waals surface area contributed by atoms with Crippen molar-refractivity contribution in [1.82, 2.24) is 0 Å². The Morgan fingerprint density at radius 1 is 1.37 bits per heavy atom. The Labute approximate surface area is 125 Å². The molecule has 0 heterocycles. The second kappa shape index (κ2) is 8.30. The summed E-state index contributed by atoms with van der Waals surface area (Å²) in [4.78, 5) is 22.5. The molecule has 0 saturated carbocycles. The number of amides is 1. The highest BCUT2D eigenvalue weighted by Gasteiger charge is 2.08. The van der Waals surface area contributed by atoms with Crippen molar-refractivity contribution < 1.29 is 14.3 Å². The number of carbonyl (C=O) groups is 2.